The van der Waals surface area contributed by atoms with Gasteiger partial charge in [-0.3, -0.25) is 0 Å². The molecule has 1 aliphatic carbocycles. The van der Waals surface area contributed by atoms with E-state index in [0.29, 0.717) is 12.0 Å². The molecule has 0 aliphatic heterocycles. The molecule has 0 spiro atoms. The van der Waals surface area contributed by atoms with E-state index in [1.54, 1.807) is 0 Å². The first-order valence-electron chi connectivity index (χ1n) is 3.36. The van der Waals surface area contributed by atoms with Crippen molar-refractivity contribution in [3.8, 4) is 0 Å². The lowest BCUT2D eigenvalue weighted by molar-refractivity contribution is 0.0302. The first kappa shape index (κ1) is 7.51. The summed E-state index contributed by atoms with van der Waals surface area (Å²) in [6.45, 7) is 7.33. The van der Waals surface area contributed by atoms with Crippen LogP contribution < -0.4 is 0 Å². The molecule has 1 fully saturated rings. The molecule has 0 aromatic heterocycles. The average molecular weight is 140 g/mol. The minimum absolute atomic E-state index is 0.582. The molecular formula is C8H12O2. The van der Waals surface area contributed by atoms with E-state index in [1.807, 2.05) is 0 Å². The predicted molar refractivity (Wildman–Crippen MR) is 39.5 cm³/mol. The fourth-order valence-electron chi connectivity index (χ4n) is 1.08. The Bertz CT molecular complexity index is 172. The molecule has 56 valence electrons. The third-order valence-corrected chi connectivity index (χ3v) is 1.92. The number of hydrogen-bond donors (Lipinski definition) is 2. The van der Waals surface area contributed by atoms with E-state index in [9.17, 15) is 5.11 Å². The van der Waals surface area contributed by atoms with Crippen LogP contribution in [0.25, 0.3) is 0 Å². The van der Waals surface area contributed by atoms with Crippen LogP contribution in [0.4, 0.5) is 0 Å². The molecular weight excluding hydrogens is 128 g/mol. The van der Waals surface area contributed by atoms with Crippen LogP contribution in [-0.2, 0) is 0 Å². The molecule has 2 atom stereocenters. The predicted octanol–water partition coefficient (Wildman–Crippen LogP) is 0.614. The lowest BCUT2D eigenvalue weighted by atomic mass is 9.87. The van der Waals surface area contributed by atoms with Crippen LogP contribution >= 0.6 is 0 Å². The van der Waals surface area contributed by atoms with Crippen LogP contribution in [0.1, 0.15) is 12.8 Å². The first-order chi connectivity index (χ1) is 4.63. The number of rotatable bonds is 0. The molecule has 0 amide bonds. The van der Waals surface area contributed by atoms with Gasteiger partial charge in [0.2, 0.25) is 0 Å². The highest BCUT2D eigenvalue weighted by molar-refractivity contribution is 5.32. The molecule has 0 aromatic rings. The van der Waals surface area contributed by atoms with E-state index in [2.05, 4.69) is 13.2 Å². The Kier molecular flexibility index (Phi) is 1.92. The van der Waals surface area contributed by atoms with Crippen LogP contribution in [0, 0.1) is 0 Å². The molecule has 2 N–H and O–H groups in total. The Morgan fingerprint density at radius 1 is 1.30 bits per heavy atom. The van der Waals surface area contributed by atoms with Gasteiger partial charge < -0.3 is 10.2 Å². The van der Waals surface area contributed by atoms with Crippen LogP contribution in [0.2, 0.25) is 0 Å². The Balaban J connectivity index is 2.70. The summed E-state index contributed by atoms with van der Waals surface area (Å²) < 4.78 is 0. The molecule has 2 nitrogen and oxygen atoms in total. The molecule has 0 aromatic carbocycles. The zero-order valence-electron chi connectivity index (χ0n) is 5.88. The van der Waals surface area contributed by atoms with Gasteiger partial charge in [0.05, 0.1) is 6.10 Å². The highest BCUT2D eigenvalue weighted by Gasteiger charge is 2.25. The minimum atomic E-state index is -0.791. The first-order valence-corrected chi connectivity index (χ1v) is 3.36. The molecule has 2 heteroatoms. The van der Waals surface area contributed by atoms with Crippen LogP contribution in [0.5, 0.6) is 0 Å². The van der Waals surface area contributed by atoms with Crippen LogP contribution in [0.15, 0.2) is 24.3 Å². The maximum absolute atomic E-state index is 9.21. The Morgan fingerprint density at radius 3 is 2.40 bits per heavy atom. The highest BCUT2D eigenvalue weighted by atomic mass is 16.3. The second-order valence-corrected chi connectivity index (χ2v) is 2.68. The zero-order valence-corrected chi connectivity index (χ0v) is 5.88. The summed E-state index contributed by atoms with van der Waals surface area (Å²) >= 11 is 0. The van der Waals surface area contributed by atoms with Gasteiger partial charge in [0.1, 0.15) is 6.10 Å². The molecule has 0 saturated heterocycles. The van der Waals surface area contributed by atoms with E-state index >= 15 is 0 Å². The molecule has 2 unspecified atom stereocenters. The number of hydrogen-bond acceptors (Lipinski definition) is 2. The third kappa shape index (κ3) is 1.13. The van der Waals surface area contributed by atoms with Crippen molar-refractivity contribution in [2.75, 3.05) is 0 Å². The van der Waals surface area contributed by atoms with Crippen molar-refractivity contribution >= 4 is 0 Å². The quantitative estimate of drug-likeness (QED) is 0.517. The summed E-state index contributed by atoms with van der Waals surface area (Å²) in [5, 5.41) is 18.3. The fraction of sp³-hybridized carbons (Fsp3) is 0.500. The smallest absolute Gasteiger partial charge is 0.105 e. The molecule has 1 aliphatic rings. The summed E-state index contributed by atoms with van der Waals surface area (Å²) in [5.74, 6) is 0. The highest BCUT2D eigenvalue weighted by Crippen LogP contribution is 2.26. The van der Waals surface area contributed by atoms with Gasteiger partial charge in [-0.25, -0.2) is 0 Å². The SMILES string of the molecule is C=C1CCC(O)C(O)C1=C. The molecule has 1 rings (SSSR count). The molecule has 0 radical (unpaired) electrons. The van der Waals surface area contributed by atoms with Crippen molar-refractivity contribution in [1.82, 2.24) is 0 Å². The second-order valence-electron chi connectivity index (χ2n) is 2.68. The molecule has 0 heterocycles. The van der Waals surface area contributed by atoms with Crippen molar-refractivity contribution in [2.24, 2.45) is 0 Å². The van der Waals surface area contributed by atoms with E-state index < -0.39 is 12.2 Å². The summed E-state index contributed by atoms with van der Waals surface area (Å²) in [6.07, 6.45) is -0.0879. The Hall–Kier alpha value is -0.600. The van der Waals surface area contributed by atoms with E-state index in [0.717, 1.165) is 12.0 Å². The largest absolute Gasteiger partial charge is 0.390 e. The van der Waals surface area contributed by atoms with Gasteiger partial charge in [-0.15, -0.1) is 0 Å². The van der Waals surface area contributed by atoms with Gasteiger partial charge in [-0.1, -0.05) is 13.2 Å². The second kappa shape index (κ2) is 2.56. The topological polar surface area (TPSA) is 40.5 Å². The zero-order chi connectivity index (χ0) is 7.72. The van der Waals surface area contributed by atoms with Crippen molar-refractivity contribution in [3.05, 3.63) is 24.3 Å². The average Bonchev–Trinajstić information content (AvgIpc) is 1.93. The van der Waals surface area contributed by atoms with E-state index in [-0.39, 0.29) is 0 Å². The van der Waals surface area contributed by atoms with Gasteiger partial charge in [-0.2, -0.15) is 0 Å². The van der Waals surface area contributed by atoms with Gasteiger partial charge in [0.15, 0.2) is 0 Å². The van der Waals surface area contributed by atoms with Gasteiger partial charge in [-0.05, 0) is 24.0 Å². The molecule has 0 bridgehead atoms. The van der Waals surface area contributed by atoms with Gasteiger partial charge in [0, 0.05) is 0 Å². The maximum Gasteiger partial charge on any atom is 0.105 e. The Morgan fingerprint density at radius 2 is 1.90 bits per heavy atom. The van der Waals surface area contributed by atoms with Crippen LogP contribution in [0.3, 0.4) is 0 Å². The Labute approximate surface area is 60.5 Å². The van der Waals surface area contributed by atoms with E-state index in [4.69, 9.17) is 5.11 Å². The number of aliphatic hydroxyl groups is 2. The van der Waals surface area contributed by atoms with Crippen molar-refractivity contribution in [3.63, 3.8) is 0 Å². The van der Waals surface area contributed by atoms with Crippen molar-refractivity contribution in [2.45, 2.75) is 25.0 Å². The normalized spacial score (nSPS) is 34.6. The summed E-state index contributed by atoms with van der Waals surface area (Å²) in [6, 6.07) is 0. The maximum atomic E-state index is 9.21. The molecule has 10 heavy (non-hydrogen) atoms. The molecule has 1 saturated carbocycles. The number of aliphatic hydroxyl groups excluding tert-OH is 2. The van der Waals surface area contributed by atoms with Crippen molar-refractivity contribution in [1.29, 1.82) is 0 Å². The minimum Gasteiger partial charge on any atom is -0.390 e. The van der Waals surface area contributed by atoms with Crippen LogP contribution in [-0.4, -0.2) is 22.4 Å². The van der Waals surface area contributed by atoms with Crippen molar-refractivity contribution < 1.29 is 10.2 Å². The monoisotopic (exact) mass is 140 g/mol. The lowest BCUT2D eigenvalue weighted by Crippen LogP contribution is -2.31. The van der Waals surface area contributed by atoms with Gasteiger partial charge in [0.25, 0.3) is 0 Å². The summed E-state index contributed by atoms with van der Waals surface area (Å²) in [5.41, 5.74) is 1.44. The standard InChI is InChI=1S/C8H12O2/c1-5-3-4-7(9)8(10)6(5)2/h7-10H,1-4H2. The fourth-order valence-corrected chi connectivity index (χ4v) is 1.08. The summed E-state index contributed by atoms with van der Waals surface area (Å²) in [4.78, 5) is 0. The lowest BCUT2D eigenvalue weighted by Gasteiger charge is -2.26. The van der Waals surface area contributed by atoms with E-state index in [1.165, 1.54) is 0 Å². The third-order valence-electron chi connectivity index (χ3n) is 1.92. The van der Waals surface area contributed by atoms with Gasteiger partial charge >= 0.3 is 0 Å². The summed E-state index contributed by atoms with van der Waals surface area (Å²) in [7, 11) is 0.